The van der Waals surface area contributed by atoms with Crippen LogP contribution in [0.5, 0.6) is 5.88 Å². The Kier molecular flexibility index (Phi) is 5.12. The molecule has 0 bridgehead atoms. The zero-order chi connectivity index (χ0) is 13.8. The van der Waals surface area contributed by atoms with Crippen LogP contribution in [0.1, 0.15) is 11.3 Å². The standard InChI is InChI=1S/C10H20N4O3S/c1-8-9(10(17-4)14(3)13-8)7-12-5-6-18(15,16)11-2/h11-12H,5-7H2,1-4H3. The van der Waals surface area contributed by atoms with Gasteiger partial charge in [-0.1, -0.05) is 0 Å². The van der Waals surface area contributed by atoms with Crippen molar-refractivity contribution in [2.24, 2.45) is 7.05 Å². The number of ether oxygens (including phenoxy) is 1. The largest absolute Gasteiger partial charge is 0.481 e. The van der Waals surface area contributed by atoms with Gasteiger partial charge in [-0.25, -0.2) is 17.8 Å². The van der Waals surface area contributed by atoms with Crippen molar-refractivity contribution < 1.29 is 13.2 Å². The average molecular weight is 276 g/mol. The Labute approximate surface area is 108 Å². The van der Waals surface area contributed by atoms with Crippen LogP contribution in [0.25, 0.3) is 0 Å². The summed E-state index contributed by atoms with van der Waals surface area (Å²) in [5.74, 6) is 0.738. The third kappa shape index (κ3) is 3.69. The van der Waals surface area contributed by atoms with E-state index in [-0.39, 0.29) is 5.75 Å². The number of nitrogens with zero attached hydrogens (tertiary/aromatic N) is 2. The Hall–Kier alpha value is -1.12. The van der Waals surface area contributed by atoms with Gasteiger partial charge in [0.2, 0.25) is 15.9 Å². The van der Waals surface area contributed by atoms with E-state index < -0.39 is 10.0 Å². The van der Waals surface area contributed by atoms with Crippen molar-refractivity contribution in [2.75, 3.05) is 26.5 Å². The van der Waals surface area contributed by atoms with Crippen molar-refractivity contribution in [2.45, 2.75) is 13.5 Å². The third-order valence-electron chi connectivity index (χ3n) is 2.64. The van der Waals surface area contributed by atoms with E-state index in [1.807, 2.05) is 6.92 Å². The second kappa shape index (κ2) is 6.17. The Morgan fingerprint density at radius 2 is 2.11 bits per heavy atom. The molecule has 0 fully saturated rings. The molecule has 0 amide bonds. The minimum absolute atomic E-state index is 0.0468. The van der Waals surface area contributed by atoms with E-state index in [0.29, 0.717) is 19.0 Å². The molecule has 7 nitrogen and oxygen atoms in total. The molecule has 8 heteroatoms. The average Bonchev–Trinajstić information content (AvgIpc) is 2.59. The van der Waals surface area contributed by atoms with Crippen LogP contribution in [-0.2, 0) is 23.6 Å². The summed E-state index contributed by atoms with van der Waals surface area (Å²) in [6.45, 7) is 2.80. The highest BCUT2D eigenvalue weighted by Gasteiger charge is 2.13. The topological polar surface area (TPSA) is 85.3 Å². The first-order valence-corrected chi connectivity index (χ1v) is 7.25. The molecule has 0 aliphatic carbocycles. The molecule has 0 aliphatic heterocycles. The Morgan fingerprint density at radius 3 is 2.67 bits per heavy atom. The van der Waals surface area contributed by atoms with Gasteiger partial charge in [-0.15, -0.1) is 0 Å². The van der Waals surface area contributed by atoms with Crippen molar-refractivity contribution in [1.29, 1.82) is 0 Å². The van der Waals surface area contributed by atoms with Crippen LogP contribution in [0.15, 0.2) is 0 Å². The molecule has 1 aromatic heterocycles. The molecule has 1 rings (SSSR count). The number of sulfonamides is 1. The third-order valence-corrected chi connectivity index (χ3v) is 4.01. The van der Waals surface area contributed by atoms with Gasteiger partial charge in [0.15, 0.2) is 0 Å². The van der Waals surface area contributed by atoms with E-state index >= 15 is 0 Å². The molecular weight excluding hydrogens is 256 g/mol. The summed E-state index contributed by atoms with van der Waals surface area (Å²) in [7, 11) is 1.64. The van der Waals surface area contributed by atoms with Gasteiger partial charge < -0.3 is 10.1 Å². The molecule has 0 spiro atoms. The minimum Gasteiger partial charge on any atom is -0.481 e. The van der Waals surface area contributed by atoms with Crippen molar-refractivity contribution in [3.63, 3.8) is 0 Å². The fraction of sp³-hybridized carbons (Fsp3) is 0.700. The first-order chi connectivity index (χ1) is 8.41. The van der Waals surface area contributed by atoms with Crippen LogP contribution in [0, 0.1) is 6.92 Å². The molecule has 0 aliphatic rings. The number of methoxy groups -OCH3 is 1. The van der Waals surface area contributed by atoms with Gasteiger partial charge in [-0.2, -0.15) is 5.10 Å². The van der Waals surface area contributed by atoms with Crippen molar-refractivity contribution in [3.05, 3.63) is 11.3 Å². The van der Waals surface area contributed by atoms with Crippen molar-refractivity contribution in [3.8, 4) is 5.88 Å². The Bertz CT molecular complexity index is 495. The lowest BCUT2D eigenvalue weighted by molar-refractivity contribution is 0.368. The molecule has 18 heavy (non-hydrogen) atoms. The maximum absolute atomic E-state index is 11.2. The van der Waals surface area contributed by atoms with Crippen LogP contribution >= 0.6 is 0 Å². The molecule has 0 radical (unpaired) electrons. The van der Waals surface area contributed by atoms with Gasteiger partial charge in [-0.05, 0) is 14.0 Å². The quantitative estimate of drug-likeness (QED) is 0.648. The summed E-state index contributed by atoms with van der Waals surface area (Å²) >= 11 is 0. The van der Waals surface area contributed by atoms with Gasteiger partial charge >= 0.3 is 0 Å². The van der Waals surface area contributed by atoms with Gasteiger partial charge in [-0.3, -0.25) is 0 Å². The van der Waals surface area contributed by atoms with Crippen molar-refractivity contribution in [1.82, 2.24) is 19.8 Å². The SMILES string of the molecule is CNS(=O)(=O)CCNCc1c(C)nn(C)c1OC. The summed E-state index contributed by atoms with van der Waals surface area (Å²) in [5, 5.41) is 7.32. The number of aryl methyl sites for hydroxylation is 2. The lowest BCUT2D eigenvalue weighted by atomic mass is 10.2. The zero-order valence-corrected chi connectivity index (χ0v) is 12.0. The Morgan fingerprint density at radius 1 is 1.44 bits per heavy atom. The van der Waals surface area contributed by atoms with Crippen LogP contribution in [-0.4, -0.2) is 44.7 Å². The van der Waals surface area contributed by atoms with E-state index in [1.54, 1.807) is 18.8 Å². The van der Waals surface area contributed by atoms with Crippen molar-refractivity contribution >= 4 is 10.0 Å². The molecule has 1 heterocycles. The van der Waals surface area contributed by atoms with Gasteiger partial charge in [0.05, 0.1) is 24.1 Å². The first-order valence-electron chi connectivity index (χ1n) is 5.59. The highest BCUT2D eigenvalue weighted by atomic mass is 32.2. The highest BCUT2D eigenvalue weighted by molar-refractivity contribution is 7.89. The minimum atomic E-state index is -3.16. The summed E-state index contributed by atoms with van der Waals surface area (Å²) in [5.41, 5.74) is 1.82. The molecule has 104 valence electrons. The molecule has 0 saturated carbocycles. The van der Waals surface area contributed by atoms with E-state index in [0.717, 1.165) is 11.3 Å². The highest BCUT2D eigenvalue weighted by Crippen LogP contribution is 2.20. The zero-order valence-electron chi connectivity index (χ0n) is 11.1. The van der Waals surface area contributed by atoms with E-state index in [9.17, 15) is 8.42 Å². The summed E-state index contributed by atoms with van der Waals surface area (Å²) < 4.78 is 31.6. The number of hydrogen-bond acceptors (Lipinski definition) is 5. The number of nitrogens with one attached hydrogen (secondary N) is 2. The van der Waals surface area contributed by atoms with E-state index in [2.05, 4.69) is 15.1 Å². The van der Waals surface area contributed by atoms with E-state index in [4.69, 9.17) is 4.74 Å². The number of hydrogen-bond donors (Lipinski definition) is 2. The monoisotopic (exact) mass is 276 g/mol. The van der Waals surface area contributed by atoms with Crippen LogP contribution in [0.2, 0.25) is 0 Å². The lowest BCUT2D eigenvalue weighted by Crippen LogP contribution is -2.29. The lowest BCUT2D eigenvalue weighted by Gasteiger charge is -2.07. The molecule has 0 unspecified atom stereocenters. The van der Waals surface area contributed by atoms with Crippen LogP contribution in [0.3, 0.4) is 0 Å². The van der Waals surface area contributed by atoms with Crippen LogP contribution in [0.4, 0.5) is 0 Å². The molecule has 0 aromatic carbocycles. The second-order valence-corrected chi connectivity index (χ2v) is 5.94. The summed E-state index contributed by atoms with van der Waals surface area (Å²) in [4.78, 5) is 0. The molecule has 1 aromatic rings. The van der Waals surface area contributed by atoms with Gasteiger partial charge in [0, 0.05) is 20.1 Å². The van der Waals surface area contributed by atoms with Gasteiger partial charge in [0.25, 0.3) is 0 Å². The molecule has 0 atom stereocenters. The summed E-state index contributed by atoms with van der Waals surface area (Å²) in [6.07, 6.45) is 0. The fourth-order valence-corrected chi connectivity index (χ4v) is 2.28. The smallest absolute Gasteiger partial charge is 0.216 e. The number of rotatable bonds is 7. The molecule has 0 saturated heterocycles. The first kappa shape index (κ1) is 14.9. The maximum atomic E-state index is 11.2. The fourth-order valence-electron chi connectivity index (χ4n) is 1.66. The summed E-state index contributed by atoms with van der Waals surface area (Å²) in [6, 6.07) is 0. The molecule has 2 N–H and O–H groups in total. The Balaban J connectivity index is 2.54. The van der Waals surface area contributed by atoms with Gasteiger partial charge in [0.1, 0.15) is 0 Å². The number of aromatic nitrogens is 2. The second-order valence-electron chi connectivity index (χ2n) is 3.90. The normalized spacial score (nSPS) is 11.8. The maximum Gasteiger partial charge on any atom is 0.216 e. The predicted octanol–water partition coefficient (Wildman–Crippen LogP) is -0.624. The molecular formula is C10H20N4O3S. The predicted molar refractivity (Wildman–Crippen MR) is 69.1 cm³/mol. The van der Waals surface area contributed by atoms with Crippen LogP contribution < -0.4 is 14.8 Å². The van der Waals surface area contributed by atoms with E-state index in [1.165, 1.54) is 7.05 Å².